The van der Waals surface area contributed by atoms with Gasteiger partial charge in [0.05, 0.1) is 11.4 Å². The lowest BCUT2D eigenvalue weighted by atomic mass is 9.87. The Hall–Kier alpha value is -7.26. The normalized spacial score (nSPS) is 11.4. The van der Waals surface area contributed by atoms with Gasteiger partial charge in [0.15, 0.2) is 0 Å². The summed E-state index contributed by atoms with van der Waals surface area (Å²) in [4.78, 5) is 2.50. The predicted molar refractivity (Wildman–Crippen MR) is 251 cm³/mol. The van der Waals surface area contributed by atoms with E-state index in [9.17, 15) is 0 Å². The molecule has 2 heteroatoms. The van der Waals surface area contributed by atoms with Crippen LogP contribution < -0.4 is 4.90 Å². The van der Waals surface area contributed by atoms with Crippen LogP contribution in [0.1, 0.15) is 0 Å². The zero-order valence-corrected chi connectivity index (χ0v) is 32.5. The maximum Gasteiger partial charge on any atom is 0.0555 e. The Labute approximate surface area is 342 Å². The first kappa shape index (κ1) is 34.0. The highest BCUT2D eigenvalue weighted by atomic mass is 32.1. The summed E-state index contributed by atoms with van der Waals surface area (Å²) in [6.07, 6.45) is 0. The van der Waals surface area contributed by atoms with E-state index in [2.05, 4.69) is 229 Å². The van der Waals surface area contributed by atoms with Gasteiger partial charge in [-0.3, -0.25) is 0 Å². The second-order valence-electron chi connectivity index (χ2n) is 14.8. The zero-order chi connectivity index (χ0) is 38.4. The molecular weight excluding hydrogens is 719 g/mol. The Morgan fingerprint density at radius 3 is 1.69 bits per heavy atom. The molecule has 0 aliphatic rings. The summed E-state index contributed by atoms with van der Waals surface area (Å²) in [6.45, 7) is 0. The third kappa shape index (κ3) is 5.86. The standard InChI is InChI=1S/C56H37NS/c1-3-15-39(16-4-1)46-21-9-10-22-49(46)55-48(40-17-5-2-6-18-40)24-13-25-51(55)57(52-26-14-28-54-56(52)50-23-11-12-27-53(50)58-54)44-34-31-38(32-35-44)42-33-36-47-43(37-42)30-29-41-19-7-8-20-45(41)47/h1-37H. The van der Waals surface area contributed by atoms with Gasteiger partial charge in [-0.1, -0.05) is 182 Å². The van der Waals surface area contributed by atoms with Crippen LogP contribution >= 0.6 is 11.3 Å². The Morgan fingerprint density at radius 2 is 0.879 bits per heavy atom. The number of hydrogen-bond donors (Lipinski definition) is 0. The average Bonchev–Trinajstić information content (AvgIpc) is 3.69. The molecule has 0 amide bonds. The van der Waals surface area contributed by atoms with Gasteiger partial charge in [0.2, 0.25) is 0 Å². The summed E-state index contributed by atoms with van der Waals surface area (Å²) in [6, 6.07) is 82.0. The fraction of sp³-hybridized carbons (Fsp3) is 0. The van der Waals surface area contributed by atoms with Crippen LogP contribution in [0, 0.1) is 0 Å². The third-order valence-electron chi connectivity index (χ3n) is 11.5. The minimum absolute atomic E-state index is 1.10. The van der Waals surface area contributed by atoms with Gasteiger partial charge in [-0.2, -0.15) is 0 Å². The Balaban J connectivity index is 1.16. The molecule has 58 heavy (non-hydrogen) atoms. The molecule has 0 saturated carbocycles. The molecule has 0 aliphatic heterocycles. The summed E-state index contributed by atoms with van der Waals surface area (Å²) in [5.74, 6) is 0. The monoisotopic (exact) mass is 755 g/mol. The maximum absolute atomic E-state index is 2.50. The molecule has 10 aromatic carbocycles. The Morgan fingerprint density at radius 1 is 0.310 bits per heavy atom. The second-order valence-corrected chi connectivity index (χ2v) is 15.9. The van der Waals surface area contributed by atoms with Gasteiger partial charge in [0.25, 0.3) is 0 Å². The van der Waals surface area contributed by atoms with E-state index in [0.29, 0.717) is 0 Å². The van der Waals surface area contributed by atoms with E-state index in [1.165, 1.54) is 86.2 Å². The number of thiophene rings is 1. The van der Waals surface area contributed by atoms with Crippen molar-refractivity contribution in [3.8, 4) is 44.5 Å². The van der Waals surface area contributed by atoms with Crippen molar-refractivity contribution in [3.63, 3.8) is 0 Å². The fourth-order valence-electron chi connectivity index (χ4n) is 8.78. The number of benzene rings is 10. The van der Waals surface area contributed by atoms with E-state index in [0.717, 1.165) is 17.1 Å². The maximum atomic E-state index is 2.50. The molecule has 0 bridgehead atoms. The van der Waals surface area contributed by atoms with Crippen molar-refractivity contribution in [1.29, 1.82) is 0 Å². The van der Waals surface area contributed by atoms with Crippen molar-refractivity contribution < 1.29 is 0 Å². The van der Waals surface area contributed by atoms with Gasteiger partial charge in [-0.15, -0.1) is 11.3 Å². The van der Waals surface area contributed by atoms with Crippen LogP contribution in [-0.4, -0.2) is 0 Å². The minimum Gasteiger partial charge on any atom is -0.309 e. The molecule has 0 radical (unpaired) electrons. The number of hydrogen-bond acceptors (Lipinski definition) is 2. The van der Waals surface area contributed by atoms with Crippen LogP contribution in [0.15, 0.2) is 224 Å². The highest BCUT2D eigenvalue weighted by molar-refractivity contribution is 7.26. The summed E-state index contributed by atoms with van der Waals surface area (Å²) >= 11 is 1.86. The highest BCUT2D eigenvalue weighted by Gasteiger charge is 2.25. The number of rotatable bonds is 7. The lowest BCUT2D eigenvalue weighted by Crippen LogP contribution is -2.12. The summed E-state index contributed by atoms with van der Waals surface area (Å²) < 4.78 is 2.56. The summed E-state index contributed by atoms with van der Waals surface area (Å²) in [5, 5.41) is 7.62. The fourth-order valence-corrected chi connectivity index (χ4v) is 9.91. The molecule has 1 heterocycles. The van der Waals surface area contributed by atoms with E-state index in [4.69, 9.17) is 0 Å². The van der Waals surface area contributed by atoms with Gasteiger partial charge in [-0.05, 0) is 103 Å². The second kappa shape index (κ2) is 14.4. The first-order valence-electron chi connectivity index (χ1n) is 19.8. The molecule has 11 aromatic rings. The van der Waals surface area contributed by atoms with Crippen molar-refractivity contribution in [3.05, 3.63) is 224 Å². The van der Waals surface area contributed by atoms with Crippen LogP contribution in [-0.2, 0) is 0 Å². The molecule has 0 atom stereocenters. The van der Waals surface area contributed by atoms with Crippen molar-refractivity contribution in [2.75, 3.05) is 4.90 Å². The quantitative estimate of drug-likeness (QED) is 0.146. The van der Waals surface area contributed by atoms with Crippen LogP contribution in [0.25, 0.3) is 86.2 Å². The molecule has 0 saturated heterocycles. The molecule has 272 valence electrons. The predicted octanol–water partition coefficient (Wildman–Crippen LogP) is 16.5. The minimum atomic E-state index is 1.10. The highest BCUT2D eigenvalue weighted by Crippen LogP contribution is 2.51. The Kier molecular flexibility index (Phi) is 8.42. The smallest absolute Gasteiger partial charge is 0.0555 e. The summed E-state index contributed by atoms with van der Waals surface area (Å²) in [5.41, 5.74) is 12.9. The molecule has 1 aromatic heterocycles. The lowest BCUT2D eigenvalue weighted by molar-refractivity contribution is 1.30. The van der Waals surface area contributed by atoms with E-state index in [-0.39, 0.29) is 0 Å². The van der Waals surface area contributed by atoms with Crippen molar-refractivity contribution in [1.82, 2.24) is 0 Å². The van der Waals surface area contributed by atoms with Gasteiger partial charge in [0.1, 0.15) is 0 Å². The topological polar surface area (TPSA) is 3.24 Å². The Bertz CT molecular complexity index is 3270. The molecule has 0 N–H and O–H groups in total. The van der Waals surface area contributed by atoms with E-state index in [1.54, 1.807) is 0 Å². The van der Waals surface area contributed by atoms with E-state index in [1.807, 2.05) is 11.3 Å². The largest absolute Gasteiger partial charge is 0.309 e. The van der Waals surface area contributed by atoms with Gasteiger partial charge in [-0.25, -0.2) is 0 Å². The number of fused-ring (bicyclic) bond motifs is 6. The van der Waals surface area contributed by atoms with Crippen molar-refractivity contribution in [2.45, 2.75) is 0 Å². The van der Waals surface area contributed by atoms with Crippen molar-refractivity contribution >= 4 is 70.1 Å². The van der Waals surface area contributed by atoms with Crippen LogP contribution in [0.4, 0.5) is 17.1 Å². The van der Waals surface area contributed by atoms with Gasteiger partial charge >= 0.3 is 0 Å². The molecule has 0 fully saturated rings. The molecule has 0 aliphatic carbocycles. The van der Waals surface area contributed by atoms with Crippen LogP contribution in [0.5, 0.6) is 0 Å². The number of anilines is 3. The lowest BCUT2D eigenvalue weighted by Gasteiger charge is -2.30. The van der Waals surface area contributed by atoms with E-state index >= 15 is 0 Å². The van der Waals surface area contributed by atoms with Crippen molar-refractivity contribution in [2.24, 2.45) is 0 Å². The van der Waals surface area contributed by atoms with Gasteiger partial charge < -0.3 is 4.90 Å². The third-order valence-corrected chi connectivity index (χ3v) is 12.6. The van der Waals surface area contributed by atoms with Crippen LogP contribution in [0.2, 0.25) is 0 Å². The molecular formula is C56H37NS. The first-order chi connectivity index (χ1) is 28.8. The molecule has 0 unspecified atom stereocenters. The summed E-state index contributed by atoms with van der Waals surface area (Å²) in [7, 11) is 0. The zero-order valence-electron chi connectivity index (χ0n) is 31.7. The first-order valence-corrected chi connectivity index (χ1v) is 20.7. The molecule has 0 spiro atoms. The van der Waals surface area contributed by atoms with Gasteiger partial charge in [0, 0.05) is 31.4 Å². The molecule has 1 nitrogen and oxygen atoms in total. The molecule has 11 rings (SSSR count). The van der Waals surface area contributed by atoms with E-state index < -0.39 is 0 Å². The van der Waals surface area contributed by atoms with Crippen LogP contribution in [0.3, 0.4) is 0 Å². The SMILES string of the molecule is c1ccc(-c2ccccc2-c2c(-c3ccccc3)cccc2N(c2ccc(-c3ccc4c(ccc5ccccc54)c3)cc2)c2cccc3sc4ccccc4c23)cc1. The average molecular weight is 756 g/mol. The number of nitrogens with zero attached hydrogens (tertiary/aromatic N) is 1.